The first-order valence-electron chi connectivity index (χ1n) is 6.03. The molecule has 2 unspecified atom stereocenters. The highest BCUT2D eigenvalue weighted by atomic mass is 16.2. The summed E-state index contributed by atoms with van der Waals surface area (Å²) < 4.78 is 0. The maximum absolute atomic E-state index is 11.8. The van der Waals surface area contributed by atoms with Crippen LogP contribution in [0.2, 0.25) is 0 Å². The van der Waals surface area contributed by atoms with Gasteiger partial charge in [0.15, 0.2) is 0 Å². The molecule has 1 heterocycles. The van der Waals surface area contributed by atoms with E-state index < -0.39 is 11.9 Å². The number of nitrogens with zero attached hydrogens (tertiary/aromatic N) is 1. The Bertz CT molecular complexity index is 328. The minimum absolute atomic E-state index is 0.0320. The second kappa shape index (κ2) is 5.80. The van der Waals surface area contributed by atoms with E-state index in [1.165, 1.54) is 0 Å². The summed E-state index contributed by atoms with van der Waals surface area (Å²) in [6, 6.07) is -0.530. The minimum atomic E-state index is -0.530. The highest BCUT2D eigenvalue weighted by molar-refractivity contribution is 5.87. The molecule has 0 radical (unpaired) electrons. The Balaban J connectivity index is 2.71. The van der Waals surface area contributed by atoms with Gasteiger partial charge in [-0.05, 0) is 25.7 Å². The molecule has 5 nitrogen and oxygen atoms in total. The van der Waals surface area contributed by atoms with Gasteiger partial charge in [0.2, 0.25) is 11.8 Å². The molecule has 0 spiro atoms. The molecule has 5 heteroatoms. The molecule has 1 saturated heterocycles. The van der Waals surface area contributed by atoms with Crippen molar-refractivity contribution in [2.24, 2.45) is 11.7 Å². The lowest BCUT2D eigenvalue weighted by Gasteiger charge is -2.36. The summed E-state index contributed by atoms with van der Waals surface area (Å²) >= 11 is 0. The summed E-state index contributed by atoms with van der Waals surface area (Å²) in [7, 11) is 0. The smallest absolute Gasteiger partial charge is 0.240 e. The van der Waals surface area contributed by atoms with Gasteiger partial charge in [0.1, 0.15) is 11.8 Å². The van der Waals surface area contributed by atoms with Crippen LogP contribution in [0.15, 0.2) is 0 Å². The van der Waals surface area contributed by atoms with Crippen molar-refractivity contribution in [3.05, 3.63) is 0 Å². The normalized spacial score (nSPS) is 22.4. The average molecular weight is 240 g/mol. The van der Waals surface area contributed by atoms with E-state index in [2.05, 4.69) is 0 Å². The van der Waals surface area contributed by atoms with E-state index in [1.54, 1.807) is 11.8 Å². The summed E-state index contributed by atoms with van der Waals surface area (Å²) in [5.74, 6) is -0.213. The molecule has 0 aromatic heterocycles. The second-order valence-corrected chi connectivity index (χ2v) is 4.68. The van der Waals surface area contributed by atoms with Gasteiger partial charge >= 0.3 is 0 Å². The molecule has 0 aromatic rings. The maximum atomic E-state index is 11.8. The molecule has 0 aromatic carbocycles. The Morgan fingerprint density at radius 1 is 1.53 bits per heavy atom. The van der Waals surface area contributed by atoms with Gasteiger partial charge < -0.3 is 15.4 Å². The molecule has 0 aliphatic carbocycles. The van der Waals surface area contributed by atoms with Gasteiger partial charge in [0.25, 0.3) is 0 Å². The minimum Gasteiger partial charge on any atom is -0.368 e. The van der Waals surface area contributed by atoms with E-state index >= 15 is 0 Å². The van der Waals surface area contributed by atoms with Crippen LogP contribution < -0.4 is 5.73 Å². The standard InChI is InChI=1S/C12H20N2O3/c1-3-10(12(13)17)14-7-9(6-8(2)15)4-5-11(14)16/h9-10H,3-7H2,1-2H3,(H2,13,17). The van der Waals surface area contributed by atoms with Gasteiger partial charge in [-0.25, -0.2) is 0 Å². The SMILES string of the molecule is CCC(C(N)=O)N1CC(CC(C)=O)CCC1=O. The van der Waals surface area contributed by atoms with Crippen LogP contribution in [-0.4, -0.2) is 35.1 Å². The van der Waals surface area contributed by atoms with Crippen LogP contribution in [-0.2, 0) is 14.4 Å². The summed E-state index contributed by atoms with van der Waals surface area (Å²) in [6.07, 6.45) is 2.12. The van der Waals surface area contributed by atoms with Gasteiger partial charge in [-0.2, -0.15) is 0 Å². The first kappa shape index (κ1) is 13.7. The van der Waals surface area contributed by atoms with E-state index in [9.17, 15) is 14.4 Å². The number of rotatable bonds is 5. The fourth-order valence-corrected chi connectivity index (χ4v) is 2.39. The molecule has 2 amide bonds. The third-order valence-electron chi connectivity index (χ3n) is 3.21. The molecule has 0 bridgehead atoms. The van der Waals surface area contributed by atoms with Crippen molar-refractivity contribution in [3.63, 3.8) is 0 Å². The highest BCUT2D eigenvalue weighted by Crippen LogP contribution is 2.23. The van der Waals surface area contributed by atoms with E-state index in [0.717, 1.165) is 6.42 Å². The summed E-state index contributed by atoms with van der Waals surface area (Å²) in [6.45, 7) is 3.85. The van der Waals surface area contributed by atoms with Gasteiger partial charge in [-0.1, -0.05) is 6.92 Å². The van der Waals surface area contributed by atoms with Gasteiger partial charge in [0.05, 0.1) is 0 Å². The average Bonchev–Trinajstić information content (AvgIpc) is 2.22. The molecular weight excluding hydrogens is 220 g/mol. The number of Topliss-reactive ketones (excluding diaryl/α,β-unsaturated/α-hetero) is 1. The molecule has 1 rings (SSSR count). The van der Waals surface area contributed by atoms with Crippen molar-refractivity contribution in [3.8, 4) is 0 Å². The van der Waals surface area contributed by atoms with Gasteiger partial charge in [0, 0.05) is 19.4 Å². The Labute approximate surface area is 101 Å². The second-order valence-electron chi connectivity index (χ2n) is 4.68. The summed E-state index contributed by atoms with van der Waals surface area (Å²) in [4.78, 5) is 35.6. The maximum Gasteiger partial charge on any atom is 0.240 e. The summed E-state index contributed by atoms with van der Waals surface area (Å²) in [5, 5.41) is 0. The lowest BCUT2D eigenvalue weighted by atomic mass is 9.91. The highest BCUT2D eigenvalue weighted by Gasteiger charge is 2.32. The number of carbonyl (C=O) groups is 3. The molecule has 2 N–H and O–H groups in total. The van der Waals surface area contributed by atoms with Crippen molar-refractivity contribution in [2.45, 2.75) is 45.6 Å². The quantitative estimate of drug-likeness (QED) is 0.758. The van der Waals surface area contributed by atoms with Crippen molar-refractivity contribution in [1.82, 2.24) is 4.90 Å². The van der Waals surface area contributed by atoms with E-state index in [1.807, 2.05) is 6.92 Å². The van der Waals surface area contributed by atoms with Crippen molar-refractivity contribution in [1.29, 1.82) is 0 Å². The first-order chi connectivity index (χ1) is 7.95. The molecule has 96 valence electrons. The van der Waals surface area contributed by atoms with E-state index in [4.69, 9.17) is 5.73 Å². The van der Waals surface area contributed by atoms with Crippen LogP contribution in [0, 0.1) is 5.92 Å². The zero-order chi connectivity index (χ0) is 13.0. The number of hydrogen-bond acceptors (Lipinski definition) is 3. The van der Waals surface area contributed by atoms with Gasteiger partial charge in [-0.3, -0.25) is 9.59 Å². The lowest BCUT2D eigenvalue weighted by molar-refractivity contribution is -0.143. The monoisotopic (exact) mass is 240 g/mol. The molecule has 2 atom stereocenters. The van der Waals surface area contributed by atoms with Crippen LogP contribution in [0.25, 0.3) is 0 Å². The van der Waals surface area contributed by atoms with E-state index in [0.29, 0.717) is 25.8 Å². The molecule has 1 aliphatic rings. The number of ketones is 1. The predicted molar refractivity (Wildman–Crippen MR) is 63.0 cm³/mol. The number of hydrogen-bond donors (Lipinski definition) is 1. The largest absolute Gasteiger partial charge is 0.368 e. The Morgan fingerprint density at radius 3 is 2.65 bits per heavy atom. The molecule has 17 heavy (non-hydrogen) atoms. The third kappa shape index (κ3) is 3.54. The van der Waals surface area contributed by atoms with E-state index in [-0.39, 0.29) is 17.6 Å². The Morgan fingerprint density at radius 2 is 2.18 bits per heavy atom. The van der Waals surface area contributed by atoms with Gasteiger partial charge in [-0.15, -0.1) is 0 Å². The molecule has 0 saturated carbocycles. The molecule has 1 aliphatic heterocycles. The van der Waals surface area contributed by atoms with Crippen LogP contribution in [0.5, 0.6) is 0 Å². The van der Waals surface area contributed by atoms with Crippen molar-refractivity contribution >= 4 is 17.6 Å². The Kier molecular flexibility index (Phi) is 4.66. The first-order valence-corrected chi connectivity index (χ1v) is 6.03. The molecular formula is C12H20N2O3. The zero-order valence-electron chi connectivity index (χ0n) is 10.4. The Hall–Kier alpha value is -1.39. The van der Waals surface area contributed by atoms with Crippen LogP contribution >= 0.6 is 0 Å². The zero-order valence-corrected chi connectivity index (χ0v) is 10.4. The van der Waals surface area contributed by atoms with Crippen LogP contribution in [0.3, 0.4) is 0 Å². The number of likely N-dealkylation sites (tertiary alicyclic amines) is 1. The fourth-order valence-electron chi connectivity index (χ4n) is 2.39. The third-order valence-corrected chi connectivity index (χ3v) is 3.21. The number of amides is 2. The van der Waals surface area contributed by atoms with Crippen LogP contribution in [0.4, 0.5) is 0 Å². The number of carbonyl (C=O) groups excluding carboxylic acids is 3. The fraction of sp³-hybridized carbons (Fsp3) is 0.750. The predicted octanol–water partition coefficient (Wildman–Crippen LogP) is 0.468. The van der Waals surface area contributed by atoms with Crippen molar-refractivity contribution in [2.75, 3.05) is 6.54 Å². The summed E-state index contributed by atoms with van der Waals surface area (Å²) in [5.41, 5.74) is 5.29. The molecule has 1 fully saturated rings. The topological polar surface area (TPSA) is 80.5 Å². The van der Waals surface area contributed by atoms with Crippen LogP contribution in [0.1, 0.15) is 39.5 Å². The number of primary amides is 1. The lowest BCUT2D eigenvalue weighted by Crippen LogP contribution is -2.51. The number of piperidine rings is 1. The number of nitrogens with two attached hydrogens (primary N) is 1. The van der Waals surface area contributed by atoms with Crippen molar-refractivity contribution < 1.29 is 14.4 Å².